The number of benzene rings is 1. The summed E-state index contributed by atoms with van der Waals surface area (Å²) in [6.07, 6.45) is 5.74. The van der Waals surface area contributed by atoms with Gasteiger partial charge in [-0.15, -0.1) is 11.3 Å². The Morgan fingerprint density at radius 3 is 2.70 bits per heavy atom. The largest absolute Gasteiger partial charge is 0.487 e. The Bertz CT molecular complexity index is 1480. The van der Waals surface area contributed by atoms with Crippen molar-refractivity contribution in [3.8, 4) is 17.2 Å². The zero-order valence-electron chi connectivity index (χ0n) is 22.6. The molecule has 0 spiro atoms. The molecule has 0 aliphatic carbocycles. The van der Waals surface area contributed by atoms with Crippen LogP contribution in [0, 0.1) is 0 Å². The second-order valence-corrected chi connectivity index (χ2v) is 10.5. The van der Waals surface area contributed by atoms with E-state index in [2.05, 4.69) is 20.5 Å². The van der Waals surface area contributed by atoms with Crippen LogP contribution in [0.4, 0.5) is 10.6 Å². The number of ether oxygens (including phenoxy) is 3. The van der Waals surface area contributed by atoms with Crippen LogP contribution < -0.4 is 20.1 Å². The number of pyridine rings is 1. The molecule has 0 bridgehead atoms. The van der Waals surface area contributed by atoms with Crippen LogP contribution in [0.5, 0.6) is 17.2 Å². The molecule has 40 heavy (non-hydrogen) atoms. The van der Waals surface area contributed by atoms with E-state index in [0.717, 1.165) is 25.0 Å². The van der Waals surface area contributed by atoms with E-state index in [9.17, 15) is 9.59 Å². The predicted octanol–water partition coefficient (Wildman–Crippen LogP) is 5.34. The van der Waals surface area contributed by atoms with Crippen LogP contribution in [0.15, 0.2) is 54.9 Å². The summed E-state index contributed by atoms with van der Waals surface area (Å²) in [5.74, 6) is 1.57. The highest BCUT2D eigenvalue weighted by Crippen LogP contribution is 2.36. The normalized spacial score (nSPS) is 13.4. The summed E-state index contributed by atoms with van der Waals surface area (Å²) < 4.78 is 19.1. The minimum Gasteiger partial charge on any atom is -0.487 e. The summed E-state index contributed by atoms with van der Waals surface area (Å²) in [6, 6.07) is 12.4. The smallest absolute Gasteiger partial charge is 0.325 e. The summed E-state index contributed by atoms with van der Waals surface area (Å²) in [7, 11) is 1.58. The minimum atomic E-state index is -0.257. The predicted molar refractivity (Wildman–Crippen MR) is 155 cm³/mol. The molecular formula is C29H33N5O5S. The topological polar surface area (TPSA) is 107 Å². The number of hydrogen-bond donors (Lipinski definition) is 2. The number of anilines is 1. The molecule has 210 valence electrons. The first-order valence-electron chi connectivity index (χ1n) is 13.4. The number of carbonyl (C=O) groups excluding carboxylic acids is 2. The minimum absolute atomic E-state index is 0.209. The fraction of sp³-hybridized carbons (Fsp3) is 0.345. The number of aromatic nitrogens is 2. The number of fused-ring (bicyclic) bond motifs is 1. The fourth-order valence-corrected chi connectivity index (χ4v) is 5.53. The van der Waals surface area contributed by atoms with Gasteiger partial charge in [-0.1, -0.05) is 0 Å². The number of likely N-dealkylation sites (tertiary alicyclic amines) is 1. The van der Waals surface area contributed by atoms with Crippen molar-refractivity contribution in [2.45, 2.75) is 26.3 Å². The Hall–Kier alpha value is -3.93. The second kappa shape index (κ2) is 12.9. The van der Waals surface area contributed by atoms with Gasteiger partial charge in [-0.3, -0.25) is 14.3 Å². The van der Waals surface area contributed by atoms with E-state index in [0.29, 0.717) is 53.3 Å². The summed E-state index contributed by atoms with van der Waals surface area (Å²) in [4.78, 5) is 33.8. The van der Waals surface area contributed by atoms with Crippen molar-refractivity contribution < 1.29 is 23.8 Å². The van der Waals surface area contributed by atoms with Gasteiger partial charge in [0.1, 0.15) is 18.2 Å². The average Bonchev–Trinajstić information content (AvgIpc) is 3.73. The van der Waals surface area contributed by atoms with Gasteiger partial charge in [-0.25, -0.2) is 9.78 Å². The van der Waals surface area contributed by atoms with Crippen molar-refractivity contribution in [1.29, 1.82) is 0 Å². The quantitative estimate of drug-likeness (QED) is 0.237. The molecule has 1 saturated heterocycles. The van der Waals surface area contributed by atoms with Crippen LogP contribution in [-0.4, -0.2) is 66.3 Å². The second-order valence-electron chi connectivity index (χ2n) is 9.33. The first-order chi connectivity index (χ1) is 19.5. The molecule has 3 aromatic heterocycles. The Kier molecular flexibility index (Phi) is 8.94. The zero-order valence-corrected chi connectivity index (χ0v) is 23.5. The lowest BCUT2D eigenvalue weighted by atomic mass is 10.2. The van der Waals surface area contributed by atoms with Gasteiger partial charge >= 0.3 is 6.03 Å². The van der Waals surface area contributed by atoms with Crippen molar-refractivity contribution in [3.63, 3.8) is 0 Å². The summed E-state index contributed by atoms with van der Waals surface area (Å²) in [5.41, 5.74) is 0.681. The van der Waals surface area contributed by atoms with Crippen molar-refractivity contribution >= 4 is 40.0 Å². The molecule has 1 aliphatic heterocycles. The van der Waals surface area contributed by atoms with Crippen molar-refractivity contribution in [2.24, 2.45) is 0 Å². The van der Waals surface area contributed by atoms with Crippen LogP contribution in [0.25, 0.3) is 10.9 Å². The lowest BCUT2D eigenvalue weighted by Gasteiger charge is -2.14. The zero-order chi connectivity index (χ0) is 27.9. The molecule has 1 fully saturated rings. The Morgan fingerprint density at radius 1 is 1.05 bits per heavy atom. The van der Waals surface area contributed by atoms with E-state index < -0.39 is 0 Å². The average molecular weight is 564 g/mol. The molecule has 2 N–H and O–H groups in total. The first kappa shape index (κ1) is 27.6. The van der Waals surface area contributed by atoms with Crippen molar-refractivity contribution in [3.05, 3.63) is 64.6 Å². The molecule has 11 heteroatoms. The molecule has 10 nitrogen and oxygen atoms in total. The van der Waals surface area contributed by atoms with Gasteiger partial charge in [0.25, 0.3) is 5.91 Å². The highest BCUT2D eigenvalue weighted by Gasteiger charge is 2.17. The Balaban J connectivity index is 1.32. The summed E-state index contributed by atoms with van der Waals surface area (Å²) in [6.45, 7) is 6.34. The van der Waals surface area contributed by atoms with E-state index >= 15 is 0 Å². The third-order valence-corrected chi connectivity index (χ3v) is 7.61. The number of rotatable bonds is 11. The van der Waals surface area contributed by atoms with E-state index in [1.807, 2.05) is 31.2 Å². The van der Waals surface area contributed by atoms with Crippen LogP contribution in [-0.2, 0) is 11.3 Å². The lowest BCUT2D eigenvalue weighted by Crippen LogP contribution is -2.23. The van der Waals surface area contributed by atoms with Crippen molar-refractivity contribution in [2.75, 3.05) is 45.3 Å². The number of carbonyl (C=O) groups is 2. The number of nitrogens with one attached hydrogen (secondary N) is 2. The third kappa shape index (κ3) is 6.61. The number of nitrogens with zero attached hydrogens (tertiary/aromatic N) is 3. The fourth-order valence-electron chi connectivity index (χ4n) is 4.58. The molecule has 2 amide bonds. The van der Waals surface area contributed by atoms with Crippen molar-refractivity contribution in [1.82, 2.24) is 19.8 Å². The maximum Gasteiger partial charge on any atom is 0.325 e. The number of amides is 2. The van der Waals surface area contributed by atoms with Gasteiger partial charge in [-0.2, -0.15) is 0 Å². The molecule has 4 aromatic rings. The van der Waals surface area contributed by atoms with Gasteiger partial charge in [0, 0.05) is 55.0 Å². The van der Waals surface area contributed by atoms with Gasteiger partial charge in [0.2, 0.25) is 0 Å². The molecular weight excluding hydrogens is 530 g/mol. The van der Waals surface area contributed by atoms with E-state index in [-0.39, 0.29) is 11.9 Å². The Morgan fingerprint density at radius 2 is 1.90 bits per heavy atom. The van der Waals surface area contributed by atoms with Gasteiger partial charge < -0.3 is 24.8 Å². The van der Waals surface area contributed by atoms with Gasteiger partial charge in [0.05, 0.1) is 17.0 Å². The van der Waals surface area contributed by atoms with Crippen LogP contribution in [0.3, 0.4) is 0 Å². The molecule has 0 atom stereocenters. The van der Waals surface area contributed by atoms with E-state index in [4.69, 9.17) is 14.2 Å². The molecule has 1 aliphatic rings. The first-order valence-corrected chi connectivity index (χ1v) is 14.2. The molecule has 0 radical (unpaired) electrons. The van der Waals surface area contributed by atoms with Crippen LogP contribution in [0.2, 0.25) is 0 Å². The van der Waals surface area contributed by atoms with E-state index in [1.165, 1.54) is 33.6 Å². The molecule has 1 aromatic carbocycles. The lowest BCUT2D eigenvalue weighted by molar-refractivity contribution is 0.103. The monoisotopic (exact) mass is 563 g/mol. The Labute approximate surface area is 236 Å². The molecule has 0 saturated carbocycles. The van der Waals surface area contributed by atoms with Gasteiger partial charge in [-0.05, 0) is 63.2 Å². The third-order valence-electron chi connectivity index (χ3n) is 6.54. The van der Waals surface area contributed by atoms with Crippen LogP contribution >= 0.6 is 11.3 Å². The van der Waals surface area contributed by atoms with Crippen LogP contribution in [0.1, 0.15) is 34.3 Å². The number of hydrogen-bond acceptors (Lipinski definition) is 8. The van der Waals surface area contributed by atoms with E-state index in [1.54, 1.807) is 37.6 Å². The maximum absolute atomic E-state index is 12.9. The van der Waals surface area contributed by atoms with Gasteiger partial charge in [0.15, 0.2) is 11.5 Å². The highest BCUT2D eigenvalue weighted by atomic mass is 32.1. The maximum atomic E-state index is 12.9. The molecule has 5 rings (SSSR count). The summed E-state index contributed by atoms with van der Waals surface area (Å²) in [5, 5.41) is 6.32. The summed E-state index contributed by atoms with van der Waals surface area (Å²) >= 11 is 1.50. The highest BCUT2D eigenvalue weighted by molar-refractivity contribution is 7.14. The molecule has 0 unspecified atom stereocenters. The molecule has 4 heterocycles. The SMILES string of the molecule is CCOCCOc1cc2c(ccn2C(=O)NC)cc1Oc1ccnc(NC(=O)c2ccc(CN3CCCC3)s2)c1. The standard InChI is InChI=1S/C29H33N5O5S/c1-3-37-14-15-38-24-18-23-20(9-13-34(23)29(36)30-2)16-25(24)39-21-8-10-31-27(17-21)32-28(35)26-7-6-22(40-26)19-33-11-4-5-12-33/h6-10,13,16-18H,3-5,11-12,14-15,19H2,1-2H3,(H,30,36)(H,31,32,35). The number of thiophene rings is 1.